The summed E-state index contributed by atoms with van der Waals surface area (Å²) >= 11 is 0.741. The van der Waals surface area contributed by atoms with E-state index >= 15 is 0 Å². The van der Waals surface area contributed by atoms with Gasteiger partial charge in [-0.1, -0.05) is 18.2 Å². The lowest BCUT2D eigenvalue weighted by atomic mass is 10.0. The number of anilines is 2. The molecule has 4 rings (SSSR count). The summed E-state index contributed by atoms with van der Waals surface area (Å²) in [4.78, 5) is 41.5. The lowest BCUT2D eigenvalue weighted by Gasteiger charge is -2.32. The van der Waals surface area contributed by atoms with E-state index in [1.807, 2.05) is 19.9 Å². The number of nitrogen functional groups attached to an aromatic ring is 1. The van der Waals surface area contributed by atoms with Gasteiger partial charge in [0.1, 0.15) is 22.4 Å². The molecule has 12 heteroatoms. The summed E-state index contributed by atoms with van der Waals surface area (Å²) in [7, 11) is 1.48. The van der Waals surface area contributed by atoms with Crippen molar-refractivity contribution < 1.29 is 28.6 Å². The standard InChI is InChI=1S/C28H33N5O6S/c1-4-38-18-10-8-17(9-11-18)24(27(35)31-15-19-6-5-13-39-19)33(20-14-16(2)7-12-21(20)37-3)28(36)25-22(29)23(26(30)34)32-40-25/h7-12,14,19,24H,4-6,13,15,29H2,1-3H3,(H2,30,34)(H,31,35). The second kappa shape index (κ2) is 12.8. The number of hydrogen-bond acceptors (Lipinski definition) is 9. The van der Waals surface area contributed by atoms with Gasteiger partial charge in [0.05, 0.1) is 31.2 Å². The molecule has 1 fully saturated rings. The molecule has 1 saturated heterocycles. The smallest absolute Gasteiger partial charge is 0.273 e. The molecule has 2 unspecified atom stereocenters. The van der Waals surface area contributed by atoms with Gasteiger partial charge in [-0.3, -0.25) is 19.3 Å². The third-order valence-electron chi connectivity index (χ3n) is 6.51. The second-order valence-corrected chi connectivity index (χ2v) is 10.0. The van der Waals surface area contributed by atoms with Gasteiger partial charge in [-0.2, -0.15) is 4.37 Å². The zero-order valence-corrected chi connectivity index (χ0v) is 23.5. The summed E-state index contributed by atoms with van der Waals surface area (Å²) in [5, 5.41) is 2.96. The summed E-state index contributed by atoms with van der Waals surface area (Å²) < 4.78 is 20.9. The van der Waals surface area contributed by atoms with Gasteiger partial charge < -0.3 is 31.0 Å². The first kappa shape index (κ1) is 28.8. The topological polar surface area (TPSA) is 159 Å². The number of ether oxygens (including phenoxy) is 3. The Balaban J connectivity index is 1.87. The molecule has 3 amide bonds. The van der Waals surface area contributed by atoms with E-state index in [-0.39, 0.29) is 28.9 Å². The Kier molecular flexibility index (Phi) is 9.22. The minimum atomic E-state index is -1.15. The van der Waals surface area contributed by atoms with Crippen LogP contribution in [-0.2, 0) is 9.53 Å². The van der Waals surface area contributed by atoms with Gasteiger partial charge in [0.15, 0.2) is 5.69 Å². The number of carbonyl (C=O) groups excluding carboxylic acids is 3. The van der Waals surface area contributed by atoms with Crippen LogP contribution >= 0.6 is 11.5 Å². The zero-order valence-electron chi connectivity index (χ0n) is 22.6. The maximum absolute atomic E-state index is 14.3. The lowest BCUT2D eigenvalue weighted by Crippen LogP contribution is -2.45. The minimum Gasteiger partial charge on any atom is -0.495 e. The van der Waals surface area contributed by atoms with Crippen molar-refractivity contribution in [2.24, 2.45) is 5.73 Å². The van der Waals surface area contributed by atoms with Crippen LogP contribution in [0.5, 0.6) is 11.5 Å². The molecule has 11 nitrogen and oxygen atoms in total. The fourth-order valence-electron chi connectivity index (χ4n) is 4.54. The maximum Gasteiger partial charge on any atom is 0.273 e. The number of aromatic nitrogens is 1. The Labute approximate surface area is 236 Å². The highest BCUT2D eigenvalue weighted by Crippen LogP contribution is 2.39. The highest BCUT2D eigenvalue weighted by Gasteiger charge is 2.38. The predicted molar refractivity (Wildman–Crippen MR) is 152 cm³/mol. The number of nitrogens with zero attached hydrogens (tertiary/aromatic N) is 2. The Morgan fingerprint density at radius 1 is 1.23 bits per heavy atom. The number of nitrogens with two attached hydrogens (primary N) is 2. The van der Waals surface area contributed by atoms with Crippen molar-refractivity contribution in [3.05, 3.63) is 64.2 Å². The van der Waals surface area contributed by atoms with Gasteiger partial charge in [-0.05, 0) is 73.6 Å². The molecule has 3 aromatic rings. The SMILES string of the molecule is CCOc1ccc(C(C(=O)NCC2CCCO2)N(C(=O)c2snc(C(N)=O)c2N)c2cc(C)ccc2OC)cc1. The van der Waals surface area contributed by atoms with Gasteiger partial charge in [-0.15, -0.1) is 0 Å². The number of benzene rings is 2. The van der Waals surface area contributed by atoms with E-state index in [0.717, 1.165) is 29.9 Å². The van der Waals surface area contributed by atoms with Crippen LogP contribution in [0.2, 0.25) is 0 Å². The van der Waals surface area contributed by atoms with E-state index in [2.05, 4.69) is 9.69 Å². The summed E-state index contributed by atoms with van der Waals surface area (Å²) in [5.74, 6) is -0.953. The zero-order chi connectivity index (χ0) is 28.8. The van der Waals surface area contributed by atoms with E-state index in [4.69, 9.17) is 25.7 Å². The van der Waals surface area contributed by atoms with Crippen LogP contribution in [0.15, 0.2) is 42.5 Å². The number of primary amides is 1. The van der Waals surface area contributed by atoms with E-state index in [1.165, 1.54) is 12.0 Å². The van der Waals surface area contributed by atoms with Crippen molar-refractivity contribution in [1.82, 2.24) is 9.69 Å². The number of aryl methyl sites for hydroxylation is 1. The van der Waals surface area contributed by atoms with Gasteiger partial charge in [-0.25, -0.2) is 0 Å². The number of methoxy groups -OCH3 is 1. The van der Waals surface area contributed by atoms with Crippen LogP contribution < -0.4 is 31.2 Å². The fourth-order valence-corrected chi connectivity index (χ4v) is 5.28. The summed E-state index contributed by atoms with van der Waals surface area (Å²) in [6.45, 7) is 5.14. The highest BCUT2D eigenvalue weighted by molar-refractivity contribution is 7.09. The van der Waals surface area contributed by atoms with Crippen LogP contribution in [0.25, 0.3) is 0 Å². The number of nitrogens with one attached hydrogen (secondary N) is 1. The summed E-state index contributed by atoms with van der Waals surface area (Å²) in [5.41, 5.74) is 12.9. The van der Waals surface area contributed by atoms with Crippen molar-refractivity contribution in [3.63, 3.8) is 0 Å². The molecule has 0 saturated carbocycles. The molecule has 0 aliphatic carbocycles. The number of hydrogen-bond donors (Lipinski definition) is 3. The lowest BCUT2D eigenvalue weighted by molar-refractivity contribution is -0.123. The molecule has 1 aliphatic rings. The Hall–Kier alpha value is -4.16. The van der Waals surface area contributed by atoms with Crippen LogP contribution in [0.4, 0.5) is 11.4 Å². The van der Waals surface area contributed by atoms with Crippen LogP contribution in [-0.4, -0.2) is 55.1 Å². The van der Waals surface area contributed by atoms with E-state index in [1.54, 1.807) is 36.4 Å². The third-order valence-corrected chi connectivity index (χ3v) is 7.36. The normalized spacial score (nSPS) is 15.3. The molecule has 0 bridgehead atoms. The molecule has 2 heterocycles. The highest BCUT2D eigenvalue weighted by atomic mass is 32.1. The second-order valence-electron chi connectivity index (χ2n) is 9.27. The van der Waals surface area contributed by atoms with Crippen molar-refractivity contribution in [2.75, 3.05) is 37.5 Å². The Bertz CT molecular complexity index is 1370. The average Bonchev–Trinajstić information content (AvgIpc) is 3.60. The van der Waals surface area contributed by atoms with Crippen LogP contribution in [0, 0.1) is 6.92 Å². The first-order valence-corrected chi connectivity index (χ1v) is 13.7. The Morgan fingerprint density at radius 2 is 1.98 bits per heavy atom. The van der Waals surface area contributed by atoms with Gasteiger partial charge in [0.2, 0.25) is 5.91 Å². The minimum absolute atomic E-state index is 0.0276. The van der Waals surface area contributed by atoms with Gasteiger partial charge >= 0.3 is 0 Å². The molecule has 5 N–H and O–H groups in total. The first-order valence-electron chi connectivity index (χ1n) is 12.9. The van der Waals surface area contributed by atoms with Crippen molar-refractivity contribution in [1.29, 1.82) is 0 Å². The number of rotatable bonds is 11. The van der Waals surface area contributed by atoms with E-state index < -0.39 is 23.8 Å². The molecule has 2 atom stereocenters. The van der Waals surface area contributed by atoms with Crippen molar-refractivity contribution in [3.8, 4) is 11.5 Å². The predicted octanol–water partition coefficient (Wildman–Crippen LogP) is 3.22. The quantitative estimate of drug-likeness (QED) is 0.318. The molecule has 0 spiro atoms. The number of carbonyl (C=O) groups is 3. The number of amides is 3. The molecule has 2 aromatic carbocycles. The Morgan fingerprint density at radius 3 is 2.58 bits per heavy atom. The molecule has 212 valence electrons. The summed E-state index contributed by atoms with van der Waals surface area (Å²) in [6.07, 6.45) is 1.63. The monoisotopic (exact) mass is 567 g/mol. The molecule has 1 aliphatic heterocycles. The first-order chi connectivity index (χ1) is 19.2. The van der Waals surface area contributed by atoms with Crippen molar-refractivity contribution >= 4 is 40.6 Å². The molecular formula is C28H33N5O6S. The van der Waals surface area contributed by atoms with Crippen LogP contribution in [0.3, 0.4) is 0 Å². The molecular weight excluding hydrogens is 534 g/mol. The van der Waals surface area contributed by atoms with E-state index in [0.29, 0.717) is 36.0 Å². The fraction of sp³-hybridized carbons (Fsp3) is 0.357. The van der Waals surface area contributed by atoms with E-state index in [9.17, 15) is 14.4 Å². The maximum atomic E-state index is 14.3. The largest absolute Gasteiger partial charge is 0.495 e. The van der Waals surface area contributed by atoms with Gasteiger partial charge in [0.25, 0.3) is 11.8 Å². The average molecular weight is 568 g/mol. The van der Waals surface area contributed by atoms with Crippen molar-refractivity contribution in [2.45, 2.75) is 38.8 Å². The molecule has 40 heavy (non-hydrogen) atoms. The molecule has 1 aromatic heterocycles. The summed E-state index contributed by atoms with van der Waals surface area (Å²) in [6, 6.07) is 11.1. The van der Waals surface area contributed by atoms with Crippen LogP contribution in [0.1, 0.15) is 57.1 Å². The third kappa shape index (κ3) is 6.18. The molecule has 0 radical (unpaired) electrons. The van der Waals surface area contributed by atoms with Gasteiger partial charge in [0, 0.05) is 13.2 Å².